The summed E-state index contributed by atoms with van der Waals surface area (Å²) in [7, 11) is 0. The molecule has 0 unspecified atom stereocenters. The highest BCUT2D eigenvalue weighted by atomic mass is 19.2. The van der Waals surface area contributed by atoms with E-state index in [1.165, 1.54) is 18.2 Å². The second kappa shape index (κ2) is 11.5. The monoisotopic (exact) mass is 486 g/mol. The maximum Gasteiger partial charge on any atom is 0.195 e. The molecule has 0 spiro atoms. The van der Waals surface area contributed by atoms with Crippen molar-refractivity contribution in [3.05, 3.63) is 112 Å². The molecule has 0 saturated carbocycles. The lowest BCUT2D eigenvalue weighted by molar-refractivity contribution is 0.305. The molecular formula is C31H22F4O. The third-order valence-electron chi connectivity index (χ3n) is 5.51. The molecular weight excluding hydrogens is 464 g/mol. The maximum atomic E-state index is 14.4. The molecule has 0 N–H and O–H groups in total. The minimum atomic E-state index is -1.49. The molecule has 180 valence electrons. The van der Waals surface area contributed by atoms with Gasteiger partial charge < -0.3 is 4.74 Å². The Kier molecular flexibility index (Phi) is 7.93. The van der Waals surface area contributed by atoms with Gasteiger partial charge in [0.2, 0.25) is 0 Å². The zero-order chi connectivity index (χ0) is 25.5. The number of ether oxygens (including phenoxy) is 1. The lowest BCUT2D eigenvalue weighted by Crippen LogP contribution is -1.97. The van der Waals surface area contributed by atoms with Crippen LogP contribution in [0.25, 0.3) is 10.8 Å². The first-order valence-corrected chi connectivity index (χ1v) is 11.6. The standard InChI is InChI=1S/C31H22F4O/c1-2-3-4-17-36-26-15-14-24(28(32)20-26)13-11-22-7-5-21(6-8-22)9-10-23-12-16-27-25(18-23)19-29(33)31(35)30(27)34/h5-8,12,14-16,18-20H,2-4,17H2,1H3. The molecule has 5 heteroatoms. The van der Waals surface area contributed by atoms with Gasteiger partial charge in [-0.05, 0) is 66.4 Å². The lowest BCUT2D eigenvalue weighted by Gasteiger charge is -2.06. The predicted molar refractivity (Wildman–Crippen MR) is 134 cm³/mol. The van der Waals surface area contributed by atoms with E-state index < -0.39 is 23.3 Å². The molecule has 0 aromatic heterocycles. The van der Waals surface area contributed by atoms with Gasteiger partial charge in [0.15, 0.2) is 17.5 Å². The van der Waals surface area contributed by atoms with Crippen molar-refractivity contribution in [2.75, 3.05) is 6.61 Å². The van der Waals surface area contributed by atoms with Crippen LogP contribution in [0.15, 0.2) is 66.7 Å². The first-order chi connectivity index (χ1) is 17.4. The molecule has 0 bridgehead atoms. The summed E-state index contributed by atoms with van der Waals surface area (Å²) >= 11 is 0. The fraction of sp³-hybridized carbons (Fsp3) is 0.161. The van der Waals surface area contributed by atoms with Gasteiger partial charge in [-0.25, -0.2) is 17.6 Å². The molecule has 0 aliphatic heterocycles. The number of unbranched alkanes of at least 4 members (excludes halogenated alkanes) is 2. The van der Waals surface area contributed by atoms with E-state index in [1.807, 2.05) is 0 Å². The van der Waals surface area contributed by atoms with Gasteiger partial charge in [0.1, 0.15) is 11.6 Å². The summed E-state index contributed by atoms with van der Waals surface area (Å²) in [6.07, 6.45) is 3.10. The average molecular weight is 487 g/mol. The van der Waals surface area contributed by atoms with E-state index in [2.05, 4.69) is 30.6 Å². The molecule has 0 heterocycles. The van der Waals surface area contributed by atoms with Crippen LogP contribution >= 0.6 is 0 Å². The highest BCUT2D eigenvalue weighted by Gasteiger charge is 2.13. The molecule has 4 aromatic carbocycles. The predicted octanol–water partition coefficient (Wildman–Crippen LogP) is 7.76. The lowest BCUT2D eigenvalue weighted by atomic mass is 10.1. The Bertz CT molecular complexity index is 1520. The third-order valence-corrected chi connectivity index (χ3v) is 5.51. The number of hydrogen-bond acceptors (Lipinski definition) is 1. The first kappa shape index (κ1) is 24.9. The molecule has 36 heavy (non-hydrogen) atoms. The van der Waals surface area contributed by atoms with E-state index in [4.69, 9.17) is 4.74 Å². The Morgan fingerprint density at radius 3 is 2.00 bits per heavy atom. The molecule has 0 amide bonds. The minimum Gasteiger partial charge on any atom is -0.493 e. The van der Waals surface area contributed by atoms with Crippen LogP contribution in [0.5, 0.6) is 5.75 Å². The van der Waals surface area contributed by atoms with Crippen molar-refractivity contribution in [1.82, 2.24) is 0 Å². The molecule has 4 rings (SSSR count). The zero-order valence-corrected chi connectivity index (χ0v) is 19.6. The van der Waals surface area contributed by atoms with Crippen LogP contribution in [0, 0.1) is 47.0 Å². The third kappa shape index (κ3) is 6.06. The van der Waals surface area contributed by atoms with Crippen LogP contribution in [0.3, 0.4) is 0 Å². The molecule has 0 atom stereocenters. The minimum absolute atomic E-state index is 0.00652. The van der Waals surface area contributed by atoms with Crippen molar-refractivity contribution in [2.45, 2.75) is 26.2 Å². The van der Waals surface area contributed by atoms with Gasteiger partial charge in [0, 0.05) is 28.1 Å². The Morgan fingerprint density at radius 2 is 1.31 bits per heavy atom. The smallest absolute Gasteiger partial charge is 0.195 e. The summed E-state index contributed by atoms with van der Waals surface area (Å²) in [5.41, 5.74) is 2.21. The van der Waals surface area contributed by atoms with Crippen LogP contribution in [-0.2, 0) is 0 Å². The van der Waals surface area contributed by atoms with Crippen LogP contribution in [0.2, 0.25) is 0 Å². The maximum absolute atomic E-state index is 14.4. The van der Waals surface area contributed by atoms with E-state index in [0.29, 0.717) is 29.0 Å². The highest BCUT2D eigenvalue weighted by Crippen LogP contribution is 2.24. The van der Waals surface area contributed by atoms with Crippen LogP contribution in [0.1, 0.15) is 48.4 Å². The zero-order valence-electron chi connectivity index (χ0n) is 19.6. The van der Waals surface area contributed by atoms with Crippen LogP contribution in [0.4, 0.5) is 17.6 Å². The Labute approximate surface area is 207 Å². The van der Waals surface area contributed by atoms with Crippen molar-refractivity contribution in [3.63, 3.8) is 0 Å². The summed E-state index contributed by atoms with van der Waals surface area (Å²) in [5, 5.41) is 0.222. The number of benzene rings is 4. The fourth-order valence-corrected chi connectivity index (χ4v) is 3.53. The summed E-state index contributed by atoms with van der Waals surface area (Å²) in [6, 6.07) is 17.1. The summed E-state index contributed by atoms with van der Waals surface area (Å²) in [5.74, 6) is 7.79. The van der Waals surface area contributed by atoms with Gasteiger partial charge in [-0.15, -0.1) is 0 Å². The van der Waals surface area contributed by atoms with Gasteiger partial charge in [0.25, 0.3) is 0 Å². The first-order valence-electron chi connectivity index (χ1n) is 11.6. The van der Waals surface area contributed by atoms with E-state index in [0.717, 1.165) is 25.3 Å². The number of hydrogen-bond donors (Lipinski definition) is 0. The van der Waals surface area contributed by atoms with Crippen molar-refractivity contribution in [3.8, 4) is 29.4 Å². The van der Waals surface area contributed by atoms with E-state index in [9.17, 15) is 17.6 Å². The van der Waals surface area contributed by atoms with E-state index in [1.54, 1.807) is 42.5 Å². The van der Waals surface area contributed by atoms with E-state index in [-0.39, 0.29) is 16.3 Å². The molecule has 0 aliphatic carbocycles. The Morgan fingerprint density at radius 1 is 0.639 bits per heavy atom. The van der Waals surface area contributed by atoms with Gasteiger partial charge in [-0.3, -0.25) is 0 Å². The average Bonchev–Trinajstić information content (AvgIpc) is 2.88. The molecule has 0 radical (unpaired) electrons. The second-order valence-electron chi connectivity index (χ2n) is 8.20. The normalized spacial score (nSPS) is 10.4. The largest absolute Gasteiger partial charge is 0.493 e. The number of fused-ring (bicyclic) bond motifs is 1. The summed E-state index contributed by atoms with van der Waals surface area (Å²) in [6.45, 7) is 2.67. The quantitative estimate of drug-likeness (QED) is 0.121. The topological polar surface area (TPSA) is 9.23 Å². The SMILES string of the molecule is CCCCCOc1ccc(C#Cc2ccc(C#Cc3ccc4c(F)c(F)c(F)cc4c3)cc2)c(F)c1. The molecule has 0 fully saturated rings. The van der Waals surface area contributed by atoms with Crippen molar-refractivity contribution in [2.24, 2.45) is 0 Å². The molecule has 4 aromatic rings. The van der Waals surface area contributed by atoms with Crippen LogP contribution < -0.4 is 4.74 Å². The fourth-order valence-electron chi connectivity index (χ4n) is 3.53. The summed E-state index contributed by atoms with van der Waals surface area (Å²) in [4.78, 5) is 0. The van der Waals surface area contributed by atoms with Gasteiger partial charge in [-0.1, -0.05) is 49.5 Å². The molecule has 0 saturated heterocycles. The van der Waals surface area contributed by atoms with Crippen LogP contribution in [-0.4, -0.2) is 6.61 Å². The highest BCUT2D eigenvalue weighted by molar-refractivity contribution is 5.84. The summed E-state index contributed by atoms with van der Waals surface area (Å²) < 4.78 is 60.7. The van der Waals surface area contributed by atoms with Gasteiger partial charge in [0.05, 0.1) is 12.2 Å². The van der Waals surface area contributed by atoms with Gasteiger partial charge >= 0.3 is 0 Å². The molecule has 0 aliphatic rings. The van der Waals surface area contributed by atoms with Gasteiger partial charge in [-0.2, -0.15) is 0 Å². The van der Waals surface area contributed by atoms with Crippen molar-refractivity contribution in [1.29, 1.82) is 0 Å². The van der Waals surface area contributed by atoms with Crippen molar-refractivity contribution >= 4 is 10.8 Å². The second-order valence-corrected chi connectivity index (χ2v) is 8.20. The van der Waals surface area contributed by atoms with E-state index >= 15 is 0 Å². The number of halogens is 4. The number of rotatable bonds is 5. The Balaban J connectivity index is 1.44. The van der Waals surface area contributed by atoms with Crippen molar-refractivity contribution < 1.29 is 22.3 Å². The Hall–Kier alpha value is -4.22. The molecule has 1 nitrogen and oxygen atoms in total.